The standard InChI is InChI=1S/C22H25N3O3/c26-20(13-6-16-4-2-1-3-5-16)25-19-11-9-18(10-12-19)22(28)24-15-14-23-21(27)17-7-8-17/h1-5,9-12,17H,6-8,13-15H2,(H,23,27)(H,24,28)(H,25,26). The Labute approximate surface area is 164 Å². The van der Waals surface area contributed by atoms with Crippen LogP contribution in [-0.2, 0) is 16.0 Å². The van der Waals surface area contributed by atoms with Crippen LogP contribution >= 0.6 is 0 Å². The van der Waals surface area contributed by atoms with E-state index in [0.29, 0.717) is 37.2 Å². The lowest BCUT2D eigenvalue weighted by molar-refractivity contribution is -0.122. The minimum Gasteiger partial charge on any atom is -0.354 e. The molecular weight excluding hydrogens is 354 g/mol. The molecule has 28 heavy (non-hydrogen) atoms. The first-order chi connectivity index (χ1) is 13.6. The Morgan fingerprint density at radius 2 is 1.54 bits per heavy atom. The Hall–Kier alpha value is -3.15. The van der Waals surface area contributed by atoms with E-state index >= 15 is 0 Å². The fourth-order valence-corrected chi connectivity index (χ4v) is 2.78. The van der Waals surface area contributed by atoms with Crippen LogP contribution in [0.2, 0.25) is 0 Å². The van der Waals surface area contributed by atoms with Gasteiger partial charge in [-0.3, -0.25) is 14.4 Å². The van der Waals surface area contributed by atoms with Crippen molar-refractivity contribution in [3.05, 3.63) is 65.7 Å². The molecule has 0 saturated heterocycles. The van der Waals surface area contributed by atoms with Gasteiger partial charge in [-0.15, -0.1) is 0 Å². The Morgan fingerprint density at radius 1 is 0.857 bits per heavy atom. The number of aryl methyl sites for hydroxylation is 1. The van der Waals surface area contributed by atoms with E-state index < -0.39 is 0 Å². The molecule has 1 aliphatic rings. The molecule has 0 spiro atoms. The number of benzene rings is 2. The molecule has 2 aromatic carbocycles. The highest BCUT2D eigenvalue weighted by atomic mass is 16.2. The molecule has 0 heterocycles. The van der Waals surface area contributed by atoms with Crippen molar-refractivity contribution in [2.24, 2.45) is 5.92 Å². The molecule has 0 bridgehead atoms. The highest BCUT2D eigenvalue weighted by Crippen LogP contribution is 2.28. The second-order valence-electron chi connectivity index (χ2n) is 6.93. The smallest absolute Gasteiger partial charge is 0.251 e. The van der Waals surface area contributed by atoms with E-state index in [1.165, 1.54) is 0 Å². The van der Waals surface area contributed by atoms with Crippen molar-refractivity contribution in [1.29, 1.82) is 0 Å². The molecule has 0 unspecified atom stereocenters. The van der Waals surface area contributed by atoms with Gasteiger partial charge in [0, 0.05) is 36.7 Å². The number of carbonyl (C=O) groups excluding carboxylic acids is 3. The molecule has 0 atom stereocenters. The fraction of sp³-hybridized carbons (Fsp3) is 0.318. The molecule has 3 N–H and O–H groups in total. The first-order valence-corrected chi connectivity index (χ1v) is 9.61. The Kier molecular flexibility index (Phi) is 6.78. The van der Waals surface area contributed by atoms with Crippen molar-refractivity contribution >= 4 is 23.4 Å². The van der Waals surface area contributed by atoms with Gasteiger partial charge in [-0.25, -0.2) is 0 Å². The first kappa shape index (κ1) is 19.6. The molecule has 1 fully saturated rings. The Balaban J connectivity index is 1.37. The lowest BCUT2D eigenvalue weighted by Gasteiger charge is -2.08. The second kappa shape index (κ2) is 9.69. The van der Waals surface area contributed by atoms with Gasteiger partial charge in [0.1, 0.15) is 0 Å². The van der Waals surface area contributed by atoms with Crippen LogP contribution < -0.4 is 16.0 Å². The van der Waals surface area contributed by atoms with Gasteiger partial charge >= 0.3 is 0 Å². The molecule has 3 amide bonds. The van der Waals surface area contributed by atoms with Gasteiger partial charge in [-0.2, -0.15) is 0 Å². The lowest BCUT2D eigenvalue weighted by Crippen LogP contribution is -2.35. The highest BCUT2D eigenvalue weighted by Gasteiger charge is 2.28. The summed E-state index contributed by atoms with van der Waals surface area (Å²) in [4.78, 5) is 35.7. The molecule has 6 nitrogen and oxygen atoms in total. The highest BCUT2D eigenvalue weighted by molar-refractivity contribution is 5.95. The maximum Gasteiger partial charge on any atom is 0.251 e. The SMILES string of the molecule is O=C(CCc1ccccc1)Nc1ccc(C(=O)NCCNC(=O)C2CC2)cc1. The van der Waals surface area contributed by atoms with E-state index in [2.05, 4.69) is 16.0 Å². The van der Waals surface area contributed by atoms with Crippen LogP contribution in [0, 0.1) is 5.92 Å². The number of nitrogens with one attached hydrogen (secondary N) is 3. The van der Waals surface area contributed by atoms with Gasteiger partial charge in [0.2, 0.25) is 11.8 Å². The van der Waals surface area contributed by atoms with E-state index in [1.54, 1.807) is 24.3 Å². The topological polar surface area (TPSA) is 87.3 Å². The van der Waals surface area contributed by atoms with Gasteiger partial charge in [0.05, 0.1) is 0 Å². The lowest BCUT2D eigenvalue weighted by atomic mass is 10.1. The summed E-state index contributed by atoms with van der Waals surface area (Å²) >= 11 is 0. The number of amides is 3. The largest absolute Gasteiger partial charge is 0.354 e. The molecule has 0 radical (unpaired) electrons. The molecular formula is C22H25N3O3. The van der Waals surface area contributed by atoms with Crippen molar-refractivity contribution in [3.8, 4) is 0 Å². The van der Waals surface area contributed by atoms with Gasteiger partial charge in [0.15, 0.2) is 0 Å². The van der Waals surface area contributed by atoms with Crippen molar-refractivity contribution in [1.82, 2.24) is 10.6 Å². The predicted octanol–water partition coefficient (Wildman–Crippen LogP) is 2.51. The van der Waals surface area contributed by atoms with Crippen molar-refractivity contribution in [3.63, 3.8) is 0 Å². The minimum atomic E-state index is -0.206. The average molecular weight is 379 g/mol. The first-order valence-electron chi connectivity index (χ1n) is 9.61. The zero-order chi connectivity index (χ0) is 19.8. The number of carbonyl (C=O) groups is 3. The monoisotopic (exact) mass is 379 g/mol. The number of rotatable bonds is 9. The Bertz CT molecular complexity index is 815. The van der Waals surface area contributed by atoms with Gasteiger partial charge in [-0.1, -0.05) is 30.3 Å². The van der Waals surface area contributed by atoms with E-state index in [0.717, 1.165) is 18.4 Å². The maximum absolute atomic E-state index is 12.1. The van der Waals surface area contributed by atoms with Crippen LogP contribution in [0.25, 0.3) is 0 Å². The zero-order valence-electron chi connectivity index (χ0n) is 15.7. The summed E-state index contributed by atoms with van der Waals surface area (Å²) in [5, 5.41) is 8.42. The quantitative estimate of drug-likeness (QED) is 0.585. The molecule has 0 aromatic heterocycles. The van der Waals surface area contributed by atoms with Crippen molar-refractivity contribution < 1.29 is 14.4 Å². The summed E-state index contributed by atoms with van der Waals surface area (Å²) in [6.07, 6.45) is 3.02. The summed E-state index contributed by atoms with van der Waals surface area (Å²) in [5.41, 5.74) is 2.29. The number of hydrogen-bond acceptors (Lipinski definition) is 3. The van der Waals surface area contributed by atoms with E-state index in [-0.39, 0.29) is 23.6 Å². The van der Waals surface area contributed by atoms with Gasteiger partial charge < -0.3 is 16.0 Å². The Morgan fingerprint density at radius 3 is 2.21 bits per heavy atom. The molecule has 6 heteroatoms. The number of hydrogen-bond donors (Lipinski definition) is 3. The summed E-state index contributed by atoms with van der Waals surface area (Å²) in [5.74, 6) is -0.0251. The number of anilines is 1. The predicted molar refractivity (Wildman–Crippen MR) is 108 cm³/mol. The van der Waals surface area contributed by atoms with E-state index in [1.807, 2.05) is 30.3 Å². The third kappa shape index (κ3) is 6.23. The average Bonchev–Trinajstić information content (AvgIpc) is 3.56. The van der Waals surface area contributed by atoms with Crippen LogP contribution in [0.3, 0.4) is 0 Å². The van der Waals surface area contributed by atoms with E-state index in [9.17, 15) is 14.4 Å². The minimum absolute atomic E-state index is 0.0625. The molecule has 146 valence electrons. The van der Waals surface area contributed by atoms with Crippen molar-refractivity contribution in [2.45, 2.75) is 25.7 Å². The summed E-state index contributed by atoms with van der Waals surface area (Å²) in [6, 6.07) is 16.6. The normalized spacial score (nSPS) is 12.9. The van der Waals surface area contributed by atoms with Gasteiger partial charge in [0.25, 0.3) is 5.91 Å². The molecule has 2 aromatic rings. The van der Waals surface area contributed by atoms with Crippen LogP contribution in [0.1, 0.15) is 35.2 Å². The molecule has 1 saturated carbocycles. The summed E-state index contributed by atoms with van der Waals surface area (Å²) in [7, 11) is 0. The third-order valence-electron chi connectivity index (χ3n) is 4.57. The molecule has 1 aliphatic carbocycles. The van der Waals surface area contributed by atoms with Crippen molar-refractivity contribution in [2.75, 3.05) is 18.4 Å². The van der Waals surface area contributed by atoms with Crippen LogP contribution in [0.5, 0.6) is 0 Å². The third-order valence-corrected chi connectivity index (χ3v) is 4.57. The van der Waals surface area contributed by atoms with Gasteiger partial charge in [-0.05, 0) is 49.1 Å². The summed E-state index contributed by atoms with van der Waals surface area (Å²) < 4.78 is 0. The second-order valence-corrected chi connectivity index (χ2v) is 6.93. The van der Waals surface area contributed by atoms with Crippen LogP contribution in [0.4, 0.5) is 5.69 Å². The van der Waals surface area contributed by atoms with Crippen LogP contribution in [0.15, 0.2) is 54.6 Å². The molecule has 0 aliphatic heterocycles. The van der Waals surface area contributed by atoms with Crippen LogP contribution in [-0.4, -0.2) is 30.8 Å². The van der Waals surface area contributed by atoms with E-state index in [4.69, 9.17) is 0 Å². The summed E-state index contributed by atoms with van der Waals surface area (Å²) in [6.45, 7) is 0.811. The maximum atomic E-state index is 12.1. The fourth-order valence-electron chi connectivity index (χ4n) is 2.78. The zero-order valence-corrected chi connectivity index (χ0v) is 15.7. The molecule has 3 rings (SSSR count).